The van der Waals surface area contributed by atoms with Crippen LogP contribution >= 0.6 is 43.5 Å². The average Bonchev–Trinajstić information content (AvgIpc) is 3.32. The number of urea groups is 1. The van der Waals surface area contributed by atoms with E-state index in [0.717, 1.165) is 77.6 Å². The smallest absolute Gasteiger partial charge is 0.331 e. The molecule has 0 spiro atoms. The molecule has 1 fully saturated rings. The Labute approximate surface area is 303 Å². The predicted molar refractivity (Wildman–Crippen MR) is 199 cm³/mol. The van der Waals surface area contributed by atoms with Gasteiger partial charge in [0.05, 0.1) is 11.0 Å². The van der Waals surface area contributed by atoms with E-state index in [0.29, 0.717) is 29.0 Å². The maximum Gasteiger partial charge on any atom is 0.331 e. The summed E-state index contributed by atoms with van der Waals surface area (Å²) in [6.07, 6.45) is 3.98. The molecular formula is C35H42Br2ClN7O3. The van der Waals surface area contributed by atoms with Gasteiger partial charge in [-0.3, -0.25) is 0 Å². The number of para-hydroxylation sites is 1. The molecule has 0 radical (unpaired) electrons. The maximum atomic E-state index is 12.4. The fourth-order valence-electron chi connectivity index (χ4n) is 6.29. The summed E-state index contributed by atoms with van der Waals surface area (Å²) >= 11 is 13.1. The largest absolute Gasteiger partial charge is 0.480 e. The first kappa shape index (κ1) is 36.3. The molecule has 1 aromatic heterocycles. The Hall–Kier alpha value is -3.00. The van der Waals surface area contributed by atoms with Crippen LogP contribution in [0.4, 0.5) is 10.5 Å². The lowest BCUT2D eigenvalue weighted by atomic mass is 9.90. The number of anilines is 1. The lowest BCUT2D eigenvalue weighted by molar-refractivity contribution is -0.144. The summed E-state index contributed by atoms with van der Waals surface area (Å²) in [6, 6.07) is 19.5. The second kappa shape index (κ2) is 16.1. The van der Waals surface area contributed by atoms with Gasteiger partial charge < -0.3 is 35.8 Å². The molecule has 0 aliphatic carbocycles. The van der Waals surface area contributed by atoms with E-state index in [-0.39, 0.29) is 12.5 Å². The van der Waals surface area contributed by atoms with Crippen molar-refractivity contribution in [3.05, 3.63) is 91.6 Å². The first-order valence-electron chi connectivity index (χ1n) is 16.1. The summed E-state index contributed by atoms with van der Waals surface area (Å²) in [5.41, 5.74) is 9.32. The van der Waals surface area contributed by atoms with Crippen LogP contribution in [-0.2, 0) is 29.7 Å². The van der Waals surface area contributed by atoms with E-state index in [2.05, 4.69) is 58.4 Å². The number of carbonyl (C=O) groups excluding carboxylic acids is 1. The molecule has 3 heterocycles. The summed E-state index contributed by atoms with van der Waals surface area (Å²) in [4.78, 5) is 33.4. The van der Waals surface area contributed by atoms with Gasteiger partial charge in [0.1, 0.15) is 5.82 Å². The van der Waals surface area contributed by atoms with Crippen LogP contribution in [0.15, 0.2) is 69.6 Å². The van der Waals surface area contributed by atoms with Crippen LogP contribution in [0.2, 0.25) is 5.02 Å². The zero-order valence-electron chi connectivity index (χ0n) is 27.2. The number of aromatic nitrogens is 2. The highest BCUT2D eigenvalue weighted by atomic mass is 79.9. The number of rotatable bonds is 9. The van der Waals surface area contributed by atoms with Crippen molar-refractivity contribution >= 4 is 72.2 Å². The Morgan fingerprint density at radius 1 is 1.10 bits per heavy atom. The molecule has 4 aromatic rings. The summed E-state index contributed by atoms with van der Waals surface area (Å²) in [7, 11) is 4.00. The SMILES string of the molecule is CN(C)CCCn1c(C(N)(Cc2ccc(Br)c(Br)c2)C(=O)O)nc2ccc(Cl)cc21.O=C1Nc2ccccc2CCN1C1CCNCC1. The molecule has 6 rings (SSSR count). The van der Waals surface area contributed by atoms with Crippen LogP contribution in [0.1, 0.15) is 36.2 Å². The third-order valence-corrected chi connectivity index (χ3v) is 11.0. The van der Waals surface area contributed by atoms with Gasteiger partial charge in [-0.05, 0) is 139 Å². The number of nitrogens with two attached hydrogens (primary N) is 1. The minimum Gasteiger partial charge on any atom is -0.480 e. The van der Waals surface area contributed by atoms with Crippen LogP contribution in [0, 0.1) is 0 Å². The van der Waals surface area contributed by atoms with Gasteiger partial charge >= 0.3 is 12.0 Å². The summed E-state index contributed by atoms with van der Waals surface area (Å²) in [6.45, 7) is 4.29. The number of imidazole rings is 1. The number of carboxylic acid groups (broad SMARTS) is 1. The van der Waals surface area contributed by atoms with Gasteiger partial charge in [0.15, 0.2) is 5.54 Å². The highest BCUT2D eigenvalue weighted by Crippen LogP contribution is 2.32. The van der Waals surface area contributed by atoms with E-state index in [4.69, 9.17) is 17.3 Å². The number of aryl methyl sites for hydroxylation is 1. The third-order valence-electron chi connectivity index (χ3n) is 8.84. The van der Waals surface area contributed by atoms with E-state index in [1.54, 1.807) is 12.1 Å². The van der Waals surface area contributed by atoms with Crippen molar-refractivity contribution in [2.24, 2.45) is 5.73 Å². The van der Waals surface area contributed by atoms with Gasteiger partial charge in [0.2, 0.25) is 0 Å². The van der Waals surface area contributed by atoms with Crippen molar-refractivity contribution < 1.29 is 14.7 Å². The normalized spacial score (nSPS) is 16.5. The highest BCUT2D eigenvalue weighted by Gasteiger charge is 2.41. The molecule has 2 amide bonds. The zero-order chi connectivity index (χ0) is 34.4. The molecule has 13 heteroatoms. The van der Waals surface area contributed by atoms with Crippen LogP contribution in [0.25, 0.3) is 11.0 Å². The lowest BCUT2D eigenvalue weighted by Gasteiger charge is -2.33. The Bertz CT molecular complexity index is 1760. The van der Waals surface area contributed by atoms with Crippen molar-refractivity contribution in [2.45, 2.75) is 50.2 Å². The first-order chi connectivity index (χ1) is 23.0. The molecule has 3 aromatic carbocycles. The highest BCUT2D eigenvalue weighted by molar-refractivity contribution is 9.13. The van der Waals surface area contributed by atoms with E-state index in [9.17, 15) is 14.7 Å². The van der Waals surface area contributed by atoms with Gasteiger partial charge in [-0.25, -0.2) is 14.6 Å². The topological polar surface area (TPSA) is 129 Å². The zero-order valence-corrected chi connectivity index (χ0v) is 31.1. The molecule has 0 bridgehead atoms. The number of amides is 2. The average molecular weight is 804 g/mol. The molecule has 1 unspecified atom stereocenters. The second-order valence-corrected chi connectivity index (χ2v) is 14.7. The number of hydrogen-bond acceptors (Lipinski definition) is 6. The van der Waals surface area contributed by atoms with Crippen LogP contribution < -0.4 is 16.4 Å². The lowest BCUT2D eigenvalue weighted by Crippen LogP contribution is -2.49. The van der Waals surface area contributed by atoms with Crippen molar-refractivity contribution in [2.75, 3.05) is 45.6 Å². The van der Waals surface area contributed by atoms with Crippen molar-refractivity contribution in [1.29, 1.82) is 0 Å². The Kier molecular flexibility index (Phi) is 12.2. The third kappa shape index (κ3) is 8.58. The fraction of sp³-hybridized carbons (Fsp3) is 0.400. The van der Waals surface area contributed by atoms with Crippen molar-refractivity contribution in [3.8, 4) is 0 Å². The van der Waals surface area contributed by atoms with E-state index < -0.39 is 11.5 Å². The predicted octanol–water partition coefficient (Wildman–Crippen LogP) is 6.48. The molecule has 10 nitrogen and oxygen atoms in total. The quantitative estimate of drug-likeness (QED) is 0.153. The Balaban J connectivity index is 0.000000212. The second-order valence-electron chi connectivity index (χ2n) is 12.6. The van der Waals surface area contributed by atoms with Crippen LogP contribution in [-0.4, -0.2) is 82.8 Å². The van der Waals surface area contributed by atoms with E-state index >= 15 is 0 Å². The van der Waals surface area contributed by atoms with Crippen molar-refractivity contribution in [1.82, 2.24) is 24.7 Å². The maximum absolute atomic E-state index is 12.4. The van der Waals surface area contributed by atoms with Crippen molar-refractivity contribution in [3.63, 3.8) is 0 Å². The number of fused-ring (bicyclic) bond motifs is 2. The van der Waals surface area contributed by atoms with Crippen LogP contribution in [0.3, 0.4) is 0 Å². The van der Waals surface area contributed by atoms with Gasteiger partial charge in [0, 0.05) is 45.2 Å². The van der Waals surface area contributed by atoms with Crippen LogP contribution in [0.5, 0.6) is 0 Å². The molecule has 2 aliphatic rings. The minimum absolute atomic E-state index is 0.0619. The van der Waals surface area contributed by atoms with Gasteiger partial charge in [-0.15, -0.1) is 0 Å². The Morgan fingerprint density at radius 3 is 2.56 bits per heavy atom. The number of nitrogens with one attached hydrogen (secondary N) is 2. The molecule has 1 atom stereocenters. The summed E-state index contributed by atoms with van der Waals surface area (Å²) in [5, 5.41) is 17.1. The summed E-state index contributed by atoms with van der Waals surface area (Å²) < 4.78 is 3.61. The molecule has 5 N–H and O–H groups in total. The number of halogens is 3. The number of aliphatic carboxylic acids is 1. The molecule has 0 saturated carbocycles. The molecular weight excluding hydrogens is 762 g/mol. The summed E-state index contributed by atoms with van der Waals surface area (Å²) in [5.74, 6) is -0.804. The number of piperidine rings is 1. The molecule has 256 valence electrons. The van der Waals surface area contributed by atoms with E-state index in [1.165, 1.54) is 5.56 Å². The van der Waals surface area contributed by atoms with Gasteiger partial charge in [-0.1, -0.05) is 35.9 Å². The van der Waals surface area contributed by atoms with Gasteiger partial charge in [-0.2, -0.15) is 0 Å². The number of nitrogens with zero attached hydrogens (tertiary/aromatic N) is 4. The van der Waals surface area contributed by atoms with E-state index in [1.807, 2.05) is 66.0 Å². The first-order valence-corrected chi connectivity index (χ1v) is 18.1. The van der Waals surface area contributed by atoms with Gasteiger partial charge in [0.25, 0.3) is 0 Å². The fourth-order valence-corrected chi connectivity index (χ4v) is 7.13. The molecule has 48 heavy (non-hydrogen) atoms. The number of carbonyl (C=O) groups is 2. The monoisotopic (exact) mass is 801 g/mol. The number of carboxylic acids is 1. The standard InChI is InChI=1S/C21H23Br2ClN4O2.C14H19N3O/c1-27(2)8-3-9-28-18-11-14(24)5-7-17(18)26-19(28)21(25,20(29)30)12-13-4-6-15(22)16(23)10-13;18-14-16-13-4-2-1-3-11(13)7-10-17(14)12-5-8-15-9-6-12/h4-7,10-11H,3,8-9,12,25H2,1-2H3,(H,29,30);1-4,12,15H,5-10H2,(H,16,18). The molecule has 2 aliphatic heterocycles. The Morgan fingerprint density at radius 2 is 1.85 bits per heavy atom. The number of benzene rings is 3. The number of hydrogen-bond donors (Lipinski definition) is 4. The molecule has 1 saturated heterocycles. The minimum atomic E-state index is -1.70.